The molecule has 3 rings (SSSR count). The van der Waals surface area contributed by atoms with Crippen LogP contribution in [-0.4, -0.2) is 21.5 Å². The van der Waals surface area contributed by atoms with Crippen LogP contribution in [0.1, 0.15) is 6.92 Å². The number of thiophene rings is 1. The van der Waals surface area contributed by atoms with E-state index < -0.39 is 0 Å². The molecule has 3 aromatic rings. The maximum absolute atomic E-state index is 4.54. The van der Waals surface area contributed by atoms with Gasteiger partial charge in [-0.3, -0.25) is 0 Å². The molecule has 86 valence electrons. The highest BCUT2D eigenvalue weighted by atomic mass is 32.1. The van der Waals surface area contributed by atoms with E-state index in [0.29, 0.717) is 5.95 Å². The Morgan fingerprint density at radius 1 is 1.24 bits per heavy atom. The number of hydrogen-bond donors (Lipinski definition) is 1. The highest BCUT2D eigenvalue weighted by molar-refractivity contribution is 7.18. The molecule has 17 heavy (non-hydrogen) atoms. The number of nitrogens with one attached hydrogen (secondary N) is 1. The SMILES string of the molecule is CCNc1nc(-c2nccs2)c2sccc2n1. The lowest BCUT2D eigenvalue weighted by Crippen LogP contribution is -2.02. The molecule has 6 heteroatoms. The van der Waals surface area contributed by atoms with Crippen LogP contribution in [0.15, 0.2) is 23.0 Å². The minimum absolute atomic E-state index is 0.670. The van der Waals surface area contributed by atoms with Crippen molar-refractivity contribution in [2.24, 2.45) is 0 Å². The molecule has 0 aliphatic heterocycles. The normalized spacial score (nSPS) is 10.9. The predicted molar refractivity (Wildman–Crippen MR) is 72.7 cm³/mol. The lowest BCUT2D eigenvalue weighted by atomic mass is 10.3. The monoisotopic (exact) mass is 262 g/mol. The van der Waals surface area contributed by atoms with Gasteiger partial charge < -0.3 is 5.32 Å². The van der Waals surface area contributed by atoms with E-state index in [-0.39, 0.29) is 0 Å². The Balaban J connectivity index is 2.23. The van der Waals surface area contributed by atoms with Gasteiger partial charge in [0.15, 0.2) is 0 Å². The molecule has 1 N–H and O–H groups in total. The number of anilines is 1. The first-order valence-electron chi connectivity index (χ1n) is 5.27. The maximum atomic E-state index is 4.54. The summed E-state index contributed by atoms with van der Waals surface area (Å²) in [6, 6.07) is 2.01. The lowest BCUT2D eigenvalue weighted by molar-refractivity contribution is 1.11. The predicted octanol–water partition coefficient (Wildman–Crippen LogP) is 3.25. The Kier molecular flexibility index (Phi) is 2.74. The third kappa shape index (κ3) is 1.89. The molecule has 0 radical (unpaired) electrons. The van der Waals surface area contributed by atoms with E-state index in [2.05, 4.69) is 20.3 Å². The standard InChI is InChI=1S/C11H10N4S2/c1-2-12-11-14-7-3-5-16-9(7)8(15-11)10-13-4-6-17-10/h3-6H,2H2,1H3,(H,12,14,15). The Morgan fingerprint density at radius 3 is 2.94 bits per heavy atom. The third-order valence-corrected chi connectivity index (χ3v) is 3.96. The molecule has 0 saturated heterocycles. The molecule has 0 unspecified atom stereocenters. The van der Waals surface area contributed by atoms with E-state index in [0.717, 1.165) is 27.5 Å². The number of hydrogen-bond acceptors (Lipinski definition) is 6. The average molecular weight is 262 g/mol. The van der Waals surface area contributed by atoms with Crippen LogP contribution >= 0.6 is 22.7 Å². The van der Waals surface area contributed by atoms with E-state index in [1.807, 2.05) is 23.8 Å². The quantitative estimate of drug-likeness (QED) is 0.787. The van der Waals surface area contributed by atoms with Gasteiger partial charge in [-0.05, 0) is 18.4 Å². The molecular weight excluding hydrogens is 252 g/mol. The van der Waals surface area contributed by atoms with Crippen molar-refractivity contribution in [2.45, 2.75) is 6.92 Å². The Hall–Kier alpha value is -1.53. The molecule has 0 saturated carbocycles. The smallest absolute Gasteiger partial charge is 0.223 e. The van der Waals surface area contributed by atoms with Crippen molar-refractivity contribution in [3.05, 3.63) is 23.0 Å². The second kappa shape index (κ2) is 4.38. The molecule has 0 bridgehead atoms. The summed E-state index contributed by atoms with van der Waals surface area (Å²) in [5.41, 5.74) is 1.90. The lowest BCUT2D eigenvalue weighted by Gasteiger charge is -2.04. The molecule has 4 nitrogen and oxygen atoms in total. The van der Waals surface area contributed by atoms with Gasteiger partial charge in [0.1, 0.15) is 10.7 Å². The van der Waals surface area contributed by atoms with Gasteiger partial charge >= 0.3 is 0 Å². The van der Waals surface area contributed by atoms with Crippen LogP contribution in [0, 0.1) is 0 Å². The Morgan fingerprint density at radius 2 is 2.18 bits per heavy atom. The molecule has 0 aliphatic carbocycles. The summed E-state index contributed by atoms with van der Waals surface area (Å²) in [4.78, 5) is 13.3. The zero-order valence-corrected chi connectivity index (χ0v) is 10.8. The summed E-state index contributed by atoms with van der Waals surface area (Å²) in [5.74, 6) is 0.670. The highest BCUT2D eigenvalue weighted by Gasteiger charge is 2.12. The van der Waals surface area contributed by atoms with E-state index in [9.17, 15) is 0 Å². The zero-order chi connectivity index (χ0) is 11.7. The summed E-state index contributed by atoms with van der Waals surface area (Å²) in [7, 11) is 0. The molecule has 3 aromatic heterocycles. The van der Waals surface area contributed by atoms with E-state index in [4.69, 9.17) is 0 Å². The van der Waals surface area contributed by atoms with Crippen LogP contribution in [0.25, 0.3) is 20.9 Å². The van der Waals surface area contributed by atoms with Crippen molar-refractivity contribution in [1.29, 1.82) is 0 Å². The molecule has 3 heterocycles. The van der Waals surface area contributed by atoms with Gasteiger partial charge in [-0.1, -0.05) is 0 Å². The van der Waals surface area contributed by atoms with Crippen LogP contribution in [0.4, 0.5) is 5.95 Å². The van der Waals surface area contributed by atoms with Gasteiger partial charge in [0.2, 0.25) is 5.95 Å². The maximum Gasteiger partial charge on any atom is 0.223 e. The van der Waals surface area contributed by atoms with Gasteiger partial charge in [0.25, 0.3) is 0 Å². The fraction of sp³-hybridized carbons (Fsp3) is 0.182. The van der Waals surface area contributed by atoms with Gasteiger partial charge in [-0.15, -0.1) is 22.7 Å². The van der Waals surface area contributed by atoms with Crippen LogP contribution < -0.4 is 5.32 Å². The third-order valence-electron chi connectivity index (χ3n) is 2.27. The summed E-state index contributed by atoms with van der Waals surface area (Å²) in [5, 5.41) is 8.09. The van der Waals surface area contributed by atoms with Crippen molar-refractivity contribution in [3.63, 3.8) is 0 Å². The summed E-state index contributed by atoms with van der Waals surface area (Å²) >= 11 is 3.25. The van der Waals surface area contributed by atoms with Crippen molar-refractivity contribution in [3.8, 4) is 10.7 Å². The summed E-state index contributed by atoms with van der Waals surface area (Å²) in [6.07, 6.45) is 1.80. The number of fused-ring (bicyclic) bond motifs is 1. The number of thiazole rings is 1. The largest absolute Gasteiger partial charge is 0.354 e. The number of nitrogens with zero attached hydrogens (tertiary/aromatic N) is 3. The molecule has 0 spiro atoms. The molecule has 0 fully saturated rings. The average Bonchev–Trinajstić information content (AvgIpc) is 2.99. The Bertz CT molecular complexity index is 630. The van der Waals surface area contributed by atoms with Crippen molar-refractivity contribution < 1.29 is 0 Å². The molecule has 0 aromatic carbocycles. The summed E-state index contributed by atoms with van der Waals surface area (Å²) < 4.78 is 1.10. The minimum Gasteiger partial charge on any atom is -0.354 e. The molecule has 0 amide bonds. The fourth-order valence-corrected chi connectivity index (χ4v) is 3.10. The van der Waals surface area contributed by atoms with Crippen LogP contribution in [0.2, 0.25) is 0 Å². The van der Waals surface area contributed by atoms with Crippen LogP contribution in [0.5, 0.6) is 0 Å². The second-order valence-corrected chi connectivity index (χ2v) is 5.21. The summed E-state index contributed by atoms with van der Waals surface area (Å²) in [6.45, 7) is 2.84. The first-order chi connectivity index (χ1) is 8.38. The van der Waals surface area contributed by atoms with Gasteiger partial charge in [-0.2, -0.15) is 0 Å². The van der Waals surface area contributed by atoms with E-state index >= 15 is 0 Å². The van der Waals surface area contributed by atoms with Gasteiger partial charge in [0.05, 0.1) is 10.2 Å². The van der Waals surface area contributed by atoms with E-state index in [1.54, 1.807) is 28.9 Å². The van der Waals surface area contributed by atoms with Crippen molar-refractivity contribution in [2.75, 3.05) is 11.9 Å². The number of rotatable bonds is 3. The van der Waals surface area contributed by atoms with Gasteiger partial charge in [-0.25, -0.2) is 15.0 Å². The molecule has 0 atom stereocenters. The molecular formula is C11H10N4S2. The first kappa shape index (κ1) is 10.6. The Labute approximate surface area is 106 Å². The topological polar surface area (TPSA) is 50.7 Å². The minimum atomic E-state index is 0.670. The zero-order valence-electron chi connectivity index (χ0n) is 9.17. The van der Waals surface area contributed by atoms with Crippen LogP contribution in [-0.2, 0) is 0 Å². The highest BCUT2D eigenvalue weighted by Crippen LogP contribution is 2.31. The van der Waals surface area contributed by atoms with Crippen LogP contribution in [0.3, 0.4) is 0 Å². The van der Waals surface area contributed by atoms with Gasteiger partial charge in [0, 0.05) is 18.1 Å². The number of aromatic nitrogens is 3. The van der Waals surface area contributed by atoms with Crippen molar-refractivity contribution in [1.82, 2.24) is 15.0 Å². The molecule has 0 aliphatic rings. The van der Waals surface area contributed by atoms with E-state index in [1.165, 1.54) is 0 Å². The first-order valence-corrected chi connectivity index (χ1v) is 7.03. The fourth-order valence-electron chi connectivity index (χ4n) is 1.59. The van der Waals surface area contributed by atoms with Crippen molar-refractivity contribution >= 4 is 38.8 Å². The second-order valence-electron chi connectivity index (χ2n) is 3.40.